The molecule has 2 aliphatic heterocycles. The zero-order valence-corrected chi connectivity index (χ0v) is 13.4. The van der Waals surface area contributed by atoms with Crippen LogP contribution in [0.15, 0.2) is 0 Å². The Bertz CT molecular complexity index is 270. The lowest BCUT2D eigenvalue weighted by molar-refractivity contribution is -0.884. The minimum Gasteiger partial charge on any atom is -0.335 e. The predicted octanol–water partition coefficient (Wildman–Crippen LogP) is 1.00. The SMILES string of the molecule is C[NH+]1CCN(C2CCN(C3CCCCCC3)CC2)CC1. The summed E-state index contributed by atoms with van der Waals surface area (Å²) in [6.45, 7) is 8.11. The second-order valence-electron chi connectivity index (χ2n) is 7.41. The number of hydrogen-bond donors (Lipinski definition) is 1. The summed E-state index contributed by atoms with van der Waals surface area (Å²) in [7, 11) is 2.34. The van der Waals surface area contributed by atoms with Crippen LogP contribution >= 0.6 is 0 Å². The minimum absolute atomic E-state index is 0.894. The van der Waals surface area contributed by atoms with E-state index in [0.29, 0.717) is 0 Å². The van der Waals surface area contributed by atoms with Gasteiger partial charge in [-0.05, 0) is 38.8 Å². The lowest BCUT2D eigenvalue weighted by Crippen LogP contribution is -3.12. The van der Waals surface area contributed by atoms with Gasteiger partial charge in [0, 0.05) is 25.2 Å². The van der Waals surface area contributed by atoms with Crippen molar-refractivity contribution in [1.29, 1.82) is 0 Å². The van der Waals surface area contributed by atoms with Crippen molar-refractivity contribution in [3.8, 4) is 0 Å². The molecule has 20 heavy (non-hydrogen) atoms. The second-order valence-corrected chi connectivity index (χ2v) is 7.41. The molecule has 3 heteroatoms. The zero-order chi connectivity index (χ0) is 13.8. The average Bonchev–Trinajstić information content (AvgIpc) is 2.77. The zero-order valence-electron chi connectivity index (χ0n) is 13.4. The molecule has 3 nitrogen and oxygen atoms in total. The standard InChI is InChI=1S/C17H33N3/c1-18-12-14-20(15-13-18)17-8-10-19(11-9-17)16-6-4-2-3-5-7-16/h16-17H,2-15H2,1H3/p+1. The van der Waals surface area contributed by atoms with Crippen molar-refractivity contribution in [1.82, 2.24) is 9.80 Å². The van der Waals surface area contributed by atoms with Gasteiger partial charge in [0.1, 0.15) is 0 Å². The third kappa shape index (κ3) is 3.75. The number of hydrogen-bond acceptors (Lipinski definition) is 2. The fraction of sp³-hybridized carbons (Fsp3) is 1.00. The largest absolute Gasteiger partial charge is 0.335 e. The fourth-order valence-corrected chi connectivity index (χ4v) is 4.51. The van der Waals surface area contributed by atoms with Gasteiger partial charge in [0.05, 0.1) is 20.1 Å². The highest BCUT2D eigenvalue weighted by atomic mass is 15.3. The Morgan fingerprint density at radius 2 is 1.15 bits per heavy atom. The topological polar surface area (TPSA) is 10.9 Å². The molecule has 0 radical (unpaired) electrons. The number of quaternary nitrogens is 1. The second kappa shape index (κ2) is 7.24. The summed E-state index contributed by atoms with van der Waals surface area (Å²) in [5.74, 6) is 0. The molecule has 3 fully saturated rings. The van der Waals surface area contributed by atoms with E-state index >= 15 is 0 Å². The summed E-state index contributed by atoms with van der Waals surface area (Å²) >= 11 is 0. The monoisotopic (exact) mass is 280 g/mol. The number of likely N-dealkylation sites (tertiary alicyclic amines) is 1. The van der Waals surface area contributed by atoms with Crippen molar-refractivity contribution in [2.75, 3.05) is 46.3 Å². The number of piperidine rings is 1. The molecule has 1 aliphatic carbocycles. The van der Waals surface area contributed by atoms with E-state index in [4.69, 9.17) is 0 Å². The Morgan fingerprint density at radius 1 is 0.650 bits per heavy atom. The molecule has 0 unspecified atom stereocenters. The summed E-state index contributed by atoms with van der Waals surface area (Å²) in [6.07, 6.45) is 11.7. The Morgan fingerprint density at radius 3 is 1.75 bits per heavy atom. The van der Waals surface area contributed by atoms with Crippen LogP contribution in [0.3, 0.4) is 0 Å². The van der Waals surface area contributed by atoms with Crippen molar-refractivity contribution in [3.63, 3.8) is 0 Å². The van der Waals surface area contributed by atoms with E-state index < -0.39 is 0 Å². The normalized spacial score (nSPS) is 30.4. The van der Waals surface area contributed by atoms with Gasteiger partial charge in [0.25, 0.3) is 0 Å². The molecule has 0 aromatic heterocycles. The van der Waals surface area contributed by atoms with Crippen LogP contribution in [0, 0.1) is 0 Å². The maximum Gasteiger partial charge on any atom is 0.0898 e. The van der Waals surface area contributed by atoms with Gasteiger partial charge in [-0.25, -0.2) is 0 Å². The highest BCUT2D eigenvalue weighted by Gasteiger charge is 2.30. The van der Waals surface area contributed by atoms with Crippen LogP contribution in [0.1, 0.15) is 51.4 Å². The first-order chi connectivity index (χ1) is 9.83. The number of piperazine rings is 1. The molecule has 0 amide bonds. The molecule has 0 bridgehead atoms. The molecule has 116 valence electrons. The van der Waals surface area contributed by atoms with Crippen molar-refractivity contribution in [3.05, 3.63) is 0 Å². The van der Waals surface area contributed by atoms with E-state index in [1.54, 1.807) is 4.90 Å². The Labute approximate surface area is 125 Å². The van der Waals surface area contributed by atoms with Gasteiger partial charge in [-0.2, -0.15) is 0 Å². The summed E-state index contributed by atoms with van der Waals surface area (Å²) in [5, 5.41) is 0. The van der Waals surface area contributed by atoms with Gasteiger partial charge >= 0.3 is 0 Å². The van der Waals surface area contributed by atoms with Crippen LogP contribution in [0.4, 0.5) is 0 Å². The van der Waals surface area contributed by atoms with Crippen molar-refractivity contribution in [2.45, 2.75) is 63.5 Å². The fourth-order valence-electron chi connectivity index (χ4n) is 4.51. The maximum absolute atomic E-state index is 2.84. The Hall–Kier alpha value is -0.120. The van der Waals surface area contributed by atoms with Crippen LogP contribution in [0.25, 0.3) is 0 Å². The van der Waals surface area contributed by atoms with E-state index in [1.807, 2.05) is 0 Å². The molecule has 2 saturated heterocycles. The van der Waals surface area contributed by atoms with E-state index in [1.165, 1.54) is 90.6 Å². The average molecular weight is 280 g/mol. The van der Waals surface area contributed by atoms with Gasteiger partial charge in [-0.3, -0.25) is 4.90 Å². The summed E-state index contributed by atoms with van der Waals surface area (Å²) in [4.78, 5) is 7.35. The molecule has 0 aromatic rings. The molecule has 2 heterocycles. The van der Waals surface area contributed by atoms with E-state index in [2.05, 4.69) is 16.8 Å². The van der Waals surface area contributed by atoms with Crippen LogP contribution in [0.2, 0.25) is 0 Å². The molecule has 1 N–H and O–H groups in total. The minimum atomic E-state index is 0.894. The molecule has 0 aromatic carbocycles. The van der Waals surface area contributed by atoms with Gasteiger partial charge in [-0.1, -0.05) is 25.7 Å². The van der Waals surface area contributed by atoms with E-state index in [0.717, 1.165) is 12.1 Å². The highest BCUT2D eigenvalue weighted by Crippen LogP contribution is 2.26. The van der Waals surface area contributed by atoms with Gasteiger partial charge in [0.15, 0.2) is 0 Å². The summed E-state index contributed by atoms with van der Waals surface area (Å²) in [5.41, 5.74) is 0. The first-order valence-corrected chi connectivity index (χ1v) is 9.12. The third-order valence-corrected chi connectivity index (χ3v) is 6.01. The third-order valence-electron chi connectivity index (χ3n) is 6.01. The van der Waals surface area contributed by atoms with Crippen molar-refractivity contribution in [2.24, 2.45) is 0 Å². The van der Waals surface area contributed by atoms with Gasteiger partial charge in [0.2, 0.25) is 0 Å². The first-order valence-electron chi connectivity index (χ1n) is 9.12. The number of rotatable bonds is 2. The number of nitrogens with zero attached hydrogens (tertiary/aromatic N) is 2. The number of likely N-dealkylation sites (N-methyl/N-ethyl adjacent to an activating group) is 1. The van der Waals surface area contributed by atoms with Crippen LogP contribution < -0.4 is 4.90 Å². The smallest absolute Gasteiger partial charge is 0.0898 e. The van der Waals surface area contributed by atoms with Gasteiger partial charge < -0.3 is 9.80 Å². The quantitative estimate of drug-likeness (QED) is 0.757. The van der Waals surface area contributed by atoms with Crippen molar-refractivity contribution >= 4 is 0 Å². The van der Waals surface area contributed by atoms with Crippen LogP contribution in [0.5, 0.6) is 0 Å². The predicted molar refractivity (Wildman–Crippen MR) is 84.3 cm³/mol. The molecular formula is C17H34N3+. The molecular weight excluding hydrogens is 246 g/mol. The lowest BCUT2D eigenvalue weighted by atomic mass is 9.98. The van der Waals surface area contributed by atoms with E-state index in [9.17, 15) is 0 Å². The van der Waals surface area contributed by atoms with Crippen LogP contribution in [-0.2, 0) is 0 Å². The molecule has 0 spiro atoms. The molecule has 0 atom stereocenters. The molecule has 1 saturated carbocycles. The van der Waals surface area contributed by atoms with Crippen LogP contribution in [-0.4, -0.2) is 68.2 Å². The Kier molecular flexibility index (Phi) is 5.36. The van der Waals surface area contributed by atoms with E-state index in [-0.39, 0.29) is 0 Å². The maximum atomic E-state index is 2.84. The van der Waals surface area contributed by atoms with Gasteiger partial charge in [-0.15, -0.1) is 0 Å². The summed E-state index contributed by atoms with van der Waals surface area (Å²) in [6, 6.07) is 1.82. The summed E-state index contributed by atoms with van der Waals surface area (Å²) < 4.78 is 0. The molecule has 3 aliphatic rings. The number of nitrogens with one attached hydrogen (secondary N) is 1. The van der Waals surface area contributed by atoms with Crippen molar-refractivity contribution < 1.29 is 4.90 Å². The highest BCUT2D eigenvalue weighted by molar-refractivity contribution is 4.84. The lowest BCUT2D eigenvalue weighted by Gasteiger charge is -2.43. The Balaban J connectivity index is 1.44. The first kappa shape index (κ1) is 14.8. The molecule has 3 rings (SSSR count).